The van der Waals surface area contributed by atoms with Gasteiger partial charge < -0.3 is 15.0 Å². The van der Waals surface area contributed by atoms with Gasteiger partial charge in [0.15, 0.2) is 0 Å². The van der Waals surface area contributed by atoms with Gasteiger partial charge >= 0.3 is 0 Å². The van der Waals surface area contributed by atoms with Gasteiger partial charge in [-0.05, 0) is 26.4 Å². The summed E-state index contributed by atoms with van der Waals surface area (Å²) in [6.45, 7) is 12.2. The quantitative estimate of drug-likeness (QED) is 0.649. The van der Waals surface area contributed by atoms with Gasteiger partial charge in [-0.25, -0.2) is 0 Å². The molecule has 1 unspecified atom stereocenters. The summed E-state index contributed by atoms with van der Waals surface area (Å²) in [5.41, 5.74) is 0. The third-order valence-corrected chi connectivity index (χ3v) is 4.91. The van der Waals surface area contributed by atoms with Crippen LogP contribution in [0.25, 0.3) is 0 Å². The van der Waals surface area contributed by atoms with E-state index in [1.54, 1.807) is 0 Å². The van der Waals surface area contributed by atoms with Crippen LogP contribution in [-0.4, -0.2) is 98.1 Å². The van der Waals surface area contributed by atoms with Crippen molar-refractivity contribution in [2.24, 2.45) is 0 Å². The van der Waals surface area contributed by atoms with Crippen LogP contribution in [0.4, 0.5) is 0 Å². The average Bonchev–Trinajstić information content (AvgIpc) is 2.82. The van der Waals surface area contributed by atoms with E-state index in [0.717, 1.165) is 65.4 Å². The van der Waals surface area contributed by atoms with E-state index in [9.17, 15) is 9.59 Å². The lowest BCUT2D eigenvalue weighted by molar-refractivity contribution is -0.138. The molecule has 2 fully saturated rings. The van der Waals surface area contributed by atoms with E-state index in [1.165, 1.54) is 0 Å². The van der Waals surface area contributed by atoms with Gasteiger partial charge in [-0.2, -0.15) is 0 Å². The molecule has 0 aromatic heterocycles. The fourth-order valence-electron chi connectivity index (χ4n) is 3.44. The molecule has 0 aromatic carbocycles. The SMILES string of the molecule is CCOCCN1CCCN(C(=O)CC2C(=O)NCCN2CC)CC1. The minimum absolute atomic E-state index is 0.00962. The summed E-state index contributed by atoms with van der Waals surface area (Å²) in [5.74, 6) is 0.0896. The number of rotatable bonds is 7. The molecule has 0 saturated carbocycles. The maximum atomic E-state index is 12.7. The first-order chi connectivity index (χ1) is 11.7. The van der Waals surface area contributed by atoms with Crippen molar-refractivity contribution in [1.82, 2.24) is 20.0 Å². The standard InChI is InChI=1S/C17H32N4O3/c1-3-20-9-6-18-17(23)15(20)14-16(22)21-8-5-7-19(10-11-21)12-13-24-4-2/h15H,3-14H2,1-2H3,(H,18,23). The van der Waals surface area contributed by atoms with Crippen LogP contribution in [0.2, 0.25) is 0 Å². The molecule has 2 aliphatic rings. The first-order valence-electron chi connectivity index (χ1n) is 9.25. The zero-order chi connectivity index (χ0) is 17.4. The van der Waals surface area contributed by atoms with Crippen LogP contribution >= 0.6 is 0 Å². The van der Waals surface area contributed by atoms with E-state index in [4.69, 9.17) is 4.74 Å². The van der Waals surface area contributed by atoms with Crippen LogP contribution in [0.15, 0.2) is 0 Å². The maximum Gasteiger partial charge on any atom is 0.237 e. The molecule has 24 heavy (non-hydrogen) atoms. The monoisotopic (exact) mass is 340 g/mol. The molecule has 2 heterocycles. The average molecular weight is 340 g/mol. The number of nitrogens with one attached hydrogen (secondary N) is 1. The van der Waals surface area contributed by atoms with E-state index in [0.29, 0.717) is 13.0 Å². The number of amides is 2. The molecule has 7 heteroatoms. The molecule has 0 aromatic rings. The Kier molecular flexibility index (Phi) is 7.94. The van der Waals surface area contributed by atoms with Gasteiger partial charge in [-0.15, -0.1) is 0 Å². The summed E-state index contributed by atoms with van der Waals surface area (Å²) >= 11 is 0. The Morgan fingerprint density at radius 1 is 1.21 bits per heavy atom. The topological polar surface area (TPSA) is 65.1 Å². The highest BCUT2D eigenvalue weighted by atomic mass is 16.5. The smallest absolute Gasteiger partial charge is 0.237 e. The summed E-state index contributed by atoms with van der Waals surface area (Å²) in [4.78, 5) is 31.2. The first-order valence-corrected chi connectivity index (χ1v) is 9.25. The van der Waals surface area contributed by atoms with Crippen LogP contribution in [0, 0.1) is 0 Å². The summed E-state index contributed by atoms with van der Waals surface area (Å²) in [6.07, 6.45) is 1.27. The van der Waals surface area contributed by atoms with Gasteiger partial charge in [0, 0.05) is 45.9 Å². The number of hydrogen-bond donors (Lipinski definition) is 1. The van der Waals surface area contributed by atoms with Crippen molar-refractivity contribution >= 4 is 11.8 Å². The minimum Gasteiger partial charge on any atom is -0.380 e. The zero-order valence-corrected chi connectivity index (χ0v) is 15.1. The van der Waals surface area contributed by atoms with Crippen LogP contribution in [0.1, 0.15) is 26.7 Å². The number of nitrogens with zero attached hydrogens (tertiary/aromatic N) is 3. The predicted molar refractivity (Wildman–Crippen MR) is 92.8 cm³/mol. The molecule has 0 radical (unpaired) electrons. The Morgan fingerprint density at radius 3 is 2.79 bits per heavy atom. The van der Waals surface area contributed by atoms with Crippen molar-refractivity contribution in [2.45, 2.75) is 32.7 Å². The second-order valence-corrected chi connectivity index (χ2v) is 6.41. The second-order valence-electron chi connectivity index (χ2n) is 6.41. The Labute approximate surface area is 145 Å². The third kappa shape index (κ3) is 5.43. The number of likely N-dealkylation sites (N-methyl/N-ethyl adjacent to an activating group) is 1. The Morgan fingerprint density at radius 2 is 2.04 bits per heavy atom. The highest BCUT2D eigenvalue weighted by Crippen LogP contribution is 2.12. The van der Waals surface area contributed by atoms with Gasteiger partial charge in [0.25, 0.3) is 0 Å². The van der Waals surface area contributed by atoms with Crippen molar-refractivity contribution in [3.8, 4) is 0 Å². The fourth-order valence-corrected chi connectivity index (χ4v) is 3.44. The van der Waals surface area contributed by atoms with Crippen LogP contribution < -0.4 is 5.32 Å². The van der Waals surface area contributed by atoms with Crippen LogP contribution in [0.3, 0.4) is 0 Å². The van der Waals surface area contributed by atoms with E-state index in [-0.39, 0.29) is 17.9 Å². The van der Waals surface area contributed by atoms with Gasteiger partial charge in [0.1, 0.15) is 0 Å². The molecule has 0 bridgehead atoms. The Balaban J connectivity index is 1.82. The number of piperazine rings is 1. The predicted octanol–water partition coefficient (Wildman–Crippen LogP) is -0.232. The molecule has 2 amide bonds. The van der Waals surface area contributed by atoms with Crippen molar-refractivity contribution in [2.75, 3.05) is 65.6 Å². The van der Waals surface area contributed by atoms with Crippen molar-refractivity contribution in [1.29, 1.82) is 0 Å². The molecule has 7 nitrogen and oxygen atoms in total. The lowest BCUT2D eigenvalue weighted by atomic mass is 10.1. The molecular weight excluding hydrogens is 308 g/mol. The van der Waals surface area contributed by atoms with E-state index in [2.05, 4.69) is 15.1 Å². The zero-order valence-electron chi connectivity index (χ0n) is 15.1. The van der Waals surface area contributed by atoms with Crippen LogP contribution in [-0.2, 0) is 14.3 Å². The lowest BCUT2D eigenvalue weighted by Crippen LogP contribution is -2.56. The van der Waals surface area contributed by atoms with E-state index < -0.39 is 0 Å². The lowest BCUT2D eigenvalue weighted by Gasteiger charge is -2.34. The van der Waals surface area contributed by atoms with Crippen molar-refractivity contribution < 1.29 is 14.3 Å². The minimum atomic E-state index is -0.312. The molecule has 2 aliphatic heterocycles. The highest BCUT2D eigenvalue weighted by Gasteiger charge is 2.32. The third-order valence-electron chi connectivity index (χ3n) is 4.91. The molecule has 0 aliphatic carbocycles. The molecule has 2 rings (SSSR count). The molecule has 2 saturated heterocycles. The summed E-state index contributed by atoms with van der Waals surface area (Å²) in [5, 5.41) is 2.88. The summed E-state index contributed by atoms with van der Waals surface area (Å²) < 4.78 is 5.42. The van der Waals surface area contributed by atoms with Crippen LogP contribution in [0.5, 0.6) is 0 Å². The largest absolute Gasteiger partial charge is 0.380 e. The van der Waals surface area contributed by atoms with E-state index >= 15 is 0 Å². The van der Waals surface area contributed by atoms with Crippen molar-refractivity contribution in [3.63, 3.8) is 0 Å². The highest BCUT2D eigenvalue weighted by molar-refractivity contribution is 5.88. The molecule has 138 valence electrons. The number of hydrogen-bond acceptors (Lipinski definition) is 5. The fraction of sp³-hybridized carbons (Fsp3) is 0.882. The van der Waals surface area contributed by atoms with E-state index in [1.807, 2.05) is 18.7 Å². The summed E-state index contributed by atoms with van der Waals surface area (Å²) in [6, 6.07) is -0.312. The van der Waals surface area contributed by atoms with Gasteiger partial charge in [0.2, 0.25) is 11.8 Å². The maximum absolute atomic E-state index is 12.7. The first kappa shape index (κ1) is 19.1. The summed E-state index contributed by atoms with van der Waals surface area (Å²) in [7, 11) is 0. The normalized spacial score (nSPS) is 23.8. The second kappa shape index (κ2) is 9.96. The number of ether oxygens (including phenoxy) is 1. The van der Waals surface area contributed by atoms with Crippen molar-refractivity contribution in [3.05, 3.63) is 0 Å². The van der Waals surface area contributed by atoms with Gasteiger partial charge in [0.05, 0.1) is 19.1 Å². The number of carbonyl (C=O) groups excluding carboxylic acids is 2. The Bertz CT molecular complexity index is 419. The molecule has 1 atom stereocenters. The molecular formula is C17H32N4O3. The number of carbonyl (C=O) groups is 2. The molecule has 1 N–H and O–H groups in total. The van der Waals surface area contributed by atoms with Gasteiger partial charge in [-0.1, -0.05) is 6.92 Å². The Hall–Kier alpha value is -1.18. The van der Waals surface area contributed by atoms with Gasteiger partial charge in [-0.3, -0.25) is 19.4 Å². The molecule has 0 spiro atoms.